The Balaban J connectivity index is 1.53. The number of rotatable bonds is 5. The summed E-state index contributed by atoms with van der Waals surface area (Å²) in [4.78, 5) is 0. The molecule has 0 atom stereocenters. The summed E-state index contributed by atoms with van der Waals surface area (Å²) >= 11 is 0. The summed E-state index contributed by atoms with van der Waals surface area (Å²) in [5, 5.41) is 15.2. The first-order valence-electron chi connectivity index (χ1n) is 16.8. The average molecular weight is 603 g/mol. The van der Waals surface area contributed by atoms with Crippen LogP contribution in [0.1, 0.15) is 66.5 Å². The van der Waals surface area contributed by atoms with E-state index in [-0.39, 0.29) is 10.8 Å². The van der Waals surface area contributed by atoms with Gasteiger partial charge in [-0.25, -0.2) is 0 Å². The fraction of sp³-hybridized carbons (Fsp3) is 0.273. The second-order valence-electron chi connectivity index (χ2n) is 15.0. The summed E-state index contributed by atoms with van der Waals surface area (Å²) in [5.41, 5.74) is 5.07. The molecule has 0 radical (unpaired) electrons. The molecule has 0 amide bonds. The van der Waals surface area contributed by atoms with Gasteiger partial charge in [0, 0.05) is 11.1 Å². The number of hydrogen-bond acceptors (Lipinski definition) is 2. The van der Waals surface area contributed by atoms with Crippen molar-refractivity contribution in [3.8, 4) is 22.6 Å². The highest BCUT2D eigenvalue weighted by molar-refractivity contribution is 6.31. The molecule has 0 aliphatic heterocycles. The van der Waals surface area contributed by atoms with E-state index in [0.29, 0.717) is 13.2 Å². The van der Waals surface area contributed by atoms with E-state index >= 15 is 0 Å². The van der Waals surface area contributed by atoms with Crippen molar-refractivity contribution in [2.24, 2.45) is 0 Å². The highest BCUT2D eigenvalue weighted by Gasteiger charge is 2.25. The van der Waals surface area contributed by atoms with E-state index < -0.39 is 0 Å². The third kappa shape index (κ3) is 4.23. The largest absolute Gasteiger partial charge is 0.493 e. The summed E-state index contributed by atoms with van der Waals surface area (Å²) in [7, 11) is 0. The number of benzene rings is 8. The molecule has 0 saturated heterocycles. The van der Waals surface area contributed by atoms with E-state index in [0.717, 1.165) is 22.6 Å². The second-order valence-corrected chi connectivity index (χ2v) is 15.0. The van der Waals surface area contributed by atoms with Crippen molar-refractivity contribution >= 4 is 64.6 Å². The molecule has 8 aromatic carbocycles. The van der Waals surface area contributed by atoms with E-state index in [2.05, 4.69) is 140 Å². The summed E-state index contributed by atoms with van der Waals surface area (Å²) in [6.07, 6.45) is 0. The molecule has 8 aromatic rings. The van der Waals surface area contributed by atoms with Crippen molar-refractivity contribution in [2.45, 2.75) is 66.2 Å². The van der Waals surface area contributed by atoms with Crippen LogP contribution in [0.3, 0.4) is 0 Å². The minimum atomic E-state index is 0.0690. The van der Waals surface area contributed by atoms with Crippen molar-refractivity contribution in [2.75, 3.05) is 13.2 Å². The third-order valence-corrected chi connectivity index (χ3v) is 9.95. The van der Waals surface area contributed by atoms with Gasteiger partial charge in [-0.15, -0.1) is 0 Å². The molecule has 0 aliphatic rings. The fourth-order valence-corrected chi connectivity index (χ4v) is 7.66. The van der Waals surface area contributed by atoms with E-state index in [4.69, 9.17) is 9.47 Å². The van der Waals surface area contributed by atoms with Crippen LogP contribution in [0.25, 0.3) is 75.8 Å². The molecule has 0 unspecified atom stereocenters. The molecule has 0 heterocycles. The lowest BCUT2D eigenvalue weighted by atomic mass is 9.81. The monoisotopic (exact) mass is 602 g/mol. The molecule has 0 aromatic heterocycles. The van der Waals surface area contributed by atoms with Gasteiger partial charge in [0.25, 0.3) is 0 Å². The van der Waals surface area contributed by atoms with Gasteiger partial charge in [-0.3, -0.25) is 0 Å². The predicted molar refractivity (Wildman–Crippen MR) is 199 cm³/mol. The molecule has 2 nitrogen and oxygen atoms in total. The fourth-order valence-electron chi connectivity index (χ4n) is 7.66. The third-order valence-electron chi connectivity index (χ3n) is 9.95. The molecule has 0 fully saturated rings. The highest BCUT2D eigenvalue weighted by Crippen LogP contribution is 2.52. The zero-order valence-electron chi connectivity index (χ0n) is 28.3. The molecule has 0 spiro atoms. The molecule has 46 heavy (non-hydrogen) atoms. The van der Waals surface area contributed by atoms with Gasteiger partial charge in [0.1, 0.15) is 11.5 Å². The van der Waals surface area contributed by atoms with Crippen molar-refractivity contribution in [1.82, 2.24) is 0 Å². The zero-order valence-corrected chi connectivity index (χ0v) is 28.3. The molecule has 0 aliphatic carbocycles. The molecule has 230 valence electrons. The molecule has 0 N–H and O–H groups in total. The first kappa shape index (κ1) is 28.9. The summed E-state index contributed by atoms with van der Waals surface area (Å²) < 4.78 is 13.1. The Hall–Kier alpha value is -4.56. The maximum absolute atomic E-state index is 6.53. The summed E-state index contributed by atoms with van der Waals surface area (Å²) in [5.74, 6) is 1.80. The Bertz CT molecular complexity index is 2240. The van der Waals surface area contributed by atoms with Crippen molar-refractivity contribution in [3.63, 3.8) is 0 Å². The second kappa shape index (κ2) is 9.97. The first-order valence-corrected chi connectivity index (χ1v) is 16.8. The lowest BCUT2D eigenvalue weighted by molar-refractivity contribution is 0.337. The normalized spacial score (nSPS) is 13.0. The maximum atomic E-state index is 6.53. The predicted octanol–water partition coefficient (Wildman–Crippen LogP) is 12.5. The smallest absolute Gasteiger partial charge is 0.128 e. The van der Waals surface area contributed by atoms with Crippen LogP contribution in [0.4, 0.5) is 0 Å². The van der Waals surface area contributed by atoms with E-state index in [1.807, 2.05) is 0 Å². The molecule has 0 bridgehead atoms. The first-order chi connectivity index (χ1) is 22.0. The molecular weight excluding hydrogens is 560 g/mol. The summed E-state index contributed by atoms with van der Waals surface area (Å²) in [6.45, 7) is 19.1. The maximum Gasteiger partial charge on any atom is 0.128 e. The molecular formula is C44H42O2. The van der Waals surface area contributed by atoms with Gasteiger partial charge in [-0.1, -0.05) is 114 Å². The summed E-state index contributed by atoms with van der Waals surface area (Å²) in [6, 6.07) is 32.4. The van der Waals surface area contributed by atoms with E-state index in [1.54, 1.807) is 0 Å². The van der Waals surface area contributed by atoms with Gasteiger partial charge >= 0.3 is 0 Å². The minimum absolute atomic E-state index is 0.0690. The Morgan fingerprint density at radius 1 is 0.413 bits per heavy atom. The van der Waals surface area contributed by atoms with Gasteiger partial charge in [-0.05, 0) is 113 Å². The molecule has 2 heteroatoms. The quantitative estimate of drug-likeness (QED) is 0.182. The van der Waals surface area contributed by atoms with Crippen LogP contribution in [0.15, 0.2) is 84.9 Å². The number of hydrogen-bond donors (Lipinski definition) is 0. The van der Waals surface area contributed by atoms with Gasteiger partial charge in [0.2, 0.25) is 0 Å². The van der Waals surface area contributed by atoms with Crippen LogP contribution < -0.4 is 9.47 Å². The van der Waals surface area contributed by atoms with Crippen LogP contribution in [0.5, 0.6) is 11.5 Å². The standard InChI is InChI=1S/C44H42O2/c1-9-45-35-23-29-13-11-25-19-31(43(3,4)5)21-27-15-17-33(39(29)37(25)27)41(35)42-34-18-16-28-22-32(44(6,7)8)20-26-12-14-30(40(34)38(26)28)24-36(42)46-10-2/h11-24H,9-10H2,1-8H3. The van der Waals surface area contributed by atoms with Crippen LogP contribution in [-0.2, 0) is 10.8 Å². The van der Waals surface area contributed by atoms with Gasteiger partial charge in [0.15, 0.2) is 0 Å². The Morgan fingerprint density at radius 2 is 0.717 bits per heavy atom. The van der Waals surface area contributed by atoms with Crippen LogP contribution in [0, 0.1) is 0 Å². The Morgan fingerprint density at radius 3 is 1.02 bits per heavy atom. The number of ether oxygens (including phenoxy) is 2. The van der Waals surface area contributed by atoms with Gasteiger partial charge in [0.05, 0.1) is 13.2 Å². The molecule has 8 rings (SSSR count). The highest BCUT2D eigenvalue weighted by atomic mass is 16.5. The van der Waals surface area contributed by atoms with Crippen LogP contribution in [-0.4, -0.2) is 13.2 Å². The average Bonchev–Trinajstić information content (AvgIpc) is 3.01. The van der Waals surface area contributed by atoms with Crippen LogP contribution >= 0.6 is 0 Å². The lowest BCUT2D eigenvalue weighted by Gasteiger charge is -2.25. The van der Waals surface area contributed by atoms with Gasteiger partial charge < -0.3 is 9.47 Å². The minimum Gasteiger partial charge on any atom is -0.493 e. The lowest BCUT2D eigenvalue weighted by Crippen LogP contribution is -2.11. The zero-order chi connectivity index (χ0) is 32.1. The Labute approximate surface area is 271 Å². The molecule has 0 saturated carbocycles. The topological polar surface area (TPSA) is 18.5 Å². The van der Waals surface area contributed by atoms with E-state index in [1.165, 1.54) is 75.8 Å². The Kier molecular flexibility index (Phi) is 6.26. The van der Waals surface area contributed by atoms with E-state index in [9.17, 15) is 0 Å². The van der Waals surface area contributed by atoms with Crippen molar-refractivity contribution in [1.29, 1.82) is 0 Å². The van der Waals surface area contributed by atoms with Crippen molar-refractivity contribution in [3.05, 3.63) is 96.1 Å². The van der Waals surface area contributed by atoms with Gasteiger partial charge in [-0.2, -0.15) is 0 Å². The SMILES string of the molecule is CCOc1cc2ccc3cc(C(C)(C)C)cc4ccc(c1-c1c(OCC)cc5ccc6cc(C(C)(C)C)cc7ccc1c5c67)c2c34. The van der Waals surface area contributed by atoms with Crippen molar-refractivity contribution < 1.29 is 9.47 Å². The van der Waals surface area contributed by atoms with Crippen LogP contribution in [0.2, 0.25) is 0 Å².